The van der Waals surface area contributed by atoms with E-state index in [-0.39, 0.29) is 12.1 Å². The quantitative estimate of drug-likeness (QED) is 0.824. The van der Waals surface area contributed by atoms with Gasteiger partial charge < -0.3 is 4.74 Å². The molecular formula is C19H23N3O3S. The van der Waals surface area contributed by atoms with Gasteiger partial charge in [0, 0.05) is 44.7 Å². The highest BCUT2D eigenvalue weighted by molar-refractivity contribution is 7.86. The number of benzene rings is 1. The molecule has 0 aliphatic carbocycles. The van der Waals surface area contributed by atoms with E-state index in [4.69, 9.17) is 4.74 Å². The van der Waals surface area contributed by atoms with Crippen LogP contribution in [0.25, 0.3) is 0 Å². The van der Waals surface area contributed by atoms with E-state index in [1.165, 1.54) is 9.87 Å². The van der Waals surface area contributed by atoms with Gasteiger partial charge in [0.15, 0.2) is 0 Å². The molecule has 1 fully saturated rings. The van der Waals surface area contributed by atoms with Gasteiger partial charge in [-0.05, 0) is 30.0 Å². The molecule has 2 atom stereocenters. The molecule has 1 saturated heterocycles. The minimum absolute atomic E-state index is 0.221. The molecule has 0 saturated carbocycles. The summed E-state index contributed by atoms with van der Waals surface area (Å²) in [5.41, 5.74) is 3.24. The predicted molar refractivity (Wildman–Crippen MR) is 98.6 cm³/mol. The molecule has 3 heterocycles. The van der Waals surface area contributed by atoms with Crippen LogP contribution >= 0.6 is 0 Å². The molecule has 138 valence electrons. The third-order valence-corrected chi connectivity index (χ3v) is 7.29. The van der Waals surface area contributed by atoms with Crippen molar-refractivity contribution in [3.05, 3.63) is 65.5 Å². The summed E-state index contributed by atoms with van der Waals surface area (Å²) in [6.45, 7) is 1.48. The number of likely N-dealkylation sites (N-methyl/N-ethyl adjacent to an activating group) is 1. The van der Waals surface area contributed by atoms with Crippen molar-refractivity contribution in [2.75, 3.05) is 20.2 Å². The lowest BCUT2D eigenvalue weighted by Crippen LogP contribution is -2.48. The molecule has 0 amide bonds. The lowest BCUT2D eigenvalue weighted by molar-refractivity contribution is 0.0856. The maximum Gasteiger partial charge on any atom is 0.282 e. The Kier molecular flexibility index (Phi) is 4.79. The largest absolute Gasteiger partial charge is 0.372 e. The van der Waals surface area contributed by atoms with Gasteiger partial charge in [0.1, 0.15) is 6.10 Å². The standard InChI is InChI=1S/C19H23N3O3S/c1-21(18-9-12-25-19(18)16-7-4-10-20-13-16)26(23,24)22-11-8-15-5-2-3-6-17(15)14-22/h2-7,10,13,18-19H,8-9,11-12,14H2,1H3/t18-,19+/m0/s1. The summed E-state index contributed by atoms with van der Waals surface area (Å²) in [6.07, 6.45) is 4.61. The molecule has 1 aromatic heterocycles. The van der Waals surface area contributed by atoms with Gasteiger partial charge in [-0.3, -0.25) is 4.98 Å². The topological polar surface area (TPSA) is 62.7 Å². The second kappa shape index (κ2) is 7.08. The number of aromatic nitrogens is 1. The Morgan fingerprint density at radius 3 is 2.77 bits per heavy atom. The first-order chi connectivity index (χ1) is 12.6. The number of hydrogen-bond acceptors (Lipinski definition) is 4. The Bertz CT molecular complexity index is 873. The molecule has 0 spiro atoms. The maximum atomic E-state index is 13.2. The van der Waals surface area contributed by atoms with Crippen LogP contribution in [0.5, 0.6) is 0 Å². The molecule has 0 unspecified atom stereocenters. The first-order valence-corrected chi connectivity index (χ1v) is 10.3. The van der Waals surface area contributed by atoms with E-state index in [2.05, 4.69) is 11.1 Å². The van der Waals surface area contributed by atoms with Crippen molar-refractivity contribution in [3.63, 3.8) is 0 Å². The SMILES string of the molecule is CN([C@H]1CCO[C@@H]1c1cccnc1)S(=O)(=O)N1CCc2ccccc2C1. The van der Waals surface area contributed by atoms with E-state index < -0.39 is 10.2 Å². The van der Waals surface area contributed by atoms with Crippen LogP contribution < -0.4 is 0 Å². The van der Waals surface area contributed by atoms with E-state index in [0.717, 1.165) is 17.5 Å². The van der Waals surface area contributed by atoms with Crippen LogP contribution in [0.2, 0.25) is 0 Å². The average molecular weight is 373 g/mol. The molecule has 0 radical (unpaired) electrons. The van der Waals surface area contributed by atoms with Crippen LogP contribution in [-0.2, 0) is 27.9 Å². The minimum Gasteiger partial charge on any atom is -0.372 e. The lowest BCUT2D eigenvalue weighted by atomic mass is 10.0. The highest BCUT2D eigenvalue weighted by atomic mass is 32.2. The average Bonchev–Trinajstić information content (AvgIpc) is 3.17. The van der Waals surface area contributed by atoms with Gasteiger partial charge >= 0.3 is 0 Å². The smallest absolute Gasteiger partial charge is 0.282 e. The highest BCUT2D eigenvalue weighted by Crippen LogP contribution is 2.34. The van der Waals surface area contributed by atoms with E-state index in [1.54, 1.807) is 23.7 Å². The molecule has 0 bridgehead atoms. The molecule has 6 nitrogen and oxygen atoms in total. The van der Waals surface area contributed by atoms with Crippen molar-refractivity contribution in [3.8, 4) is 0 Å². The fourth-order valence-corrected chi connectivity index (χ4v) is 5.38. The Morgan fingerprint density at radius 2 is 2.00 bits per heavy atom. The predicted octanol–water partition coefficient (Wildman–Crippen LogP) is 2.15. The number of nitrogens with zero attached hydrogens (tertiary/aromatic N) is 3. The van der Waals surface area contributed by atoms with Crippen molar-refractivity contribution in [1.29, 1.82) is 0 Å². The Balaban J connectivity index is 1.56. The second-order valence-electron chi connectivity index (χ2n) is 6.81. The summed E-state index contributed by atoms with van der Waals surface area (Å²) in [5.74, 6) is 0. The molecule has 26 heavy (non-hydrogen) atoms. The highest BCUT2D eigenvalue weighted by Gasteiger charge is 2.40. The van der Waals surface area contributed by atoms with Gasteiger partial charge in [-0.2, -0.15) is 17.0 Å². The third-order valence-electron chi connectivity index (χ3n) is 5.33. The number of fused-ring (bicyclic) bond motifs is 1. The number of pyridine rings is 1. The van der Waals surface area contributed by atoms with Crippen molar-refractivity contribution in [2.45, 2.75) is 31.5 Å². The molecule has 2 aromatic rings. The lowest BCUT2D eigenvalue weighted by Gasteiger charge is -2.35. The van der Waals surface area contributed by atoms with Gasteiger partial charge in [-0.1, -0.05) is 30.3 Å². The molecule has 2 aliphatic rings. The zero-order chi connectivity index (χ0) is 18.1. The summed E-state index contributed by atoms with van der Waals surface area (Å²) >= 11 is 0. The summed E-state index contributed by atoms with van der Waals surface area (Å²) in [4.78, 5) is 4.14. The summed E-state index contributed by atoms with van der Waals surface area (Å²) in [5, 5.41) is 0. The number of rotatable bonds is 4. The van der Waals surface area contributed by atoms with Crippen LogP contribution in [0.15, 0.2) is 48.8 Å². The van der Waals surface area contributed by atoms with E-state index >= 15 is 0 Å². The van der Waals surface area contributed by atoms with E-state index in [0.29, 0.717) is 26.1 Å². The molecule has 2 aliphatic heterocycles. The zero-order valence-electron chi connectivity index (χ0n) is 14.8. The van der Waals surface area contributed by atoms with Crippen LogP contribution in [0.3, 0.4) is 0 Å². The fraction of sp³-hybridized carbons (Fsp3) is 0.421. The van der Waals surface area contributed by atoms with Crippen molar-refractivity contribution < 1.29 is 13.2 Å². The van der Waals surface area contributed by atoms with E-state index in [9.17, 15) is 8.42 Å². The third kappa shape index (κ3) is 3.16. The number of hydrogen-bond donors (Lipinski definition) is 0. The first kappa shape index (κ1) is 17.6. The van der Waals surface area contributed by atoms with Crippen LogP contribution in [0.1, 0.15) is 29.2 Å². The summed E-state index contributed by atoms with van der Waals surface area (Å²) < 4.78 is 35.4. The van der Waals surface area contributed by atoms with Crippen molar-refractivity contribution in [2.24, 2.45) is 0 Å². The fourth-order valence-electron chi connectivity index (χ4n) is 3.83. The Labute approximate surface area is 154 Å². The Morgan fingerprint density at radius 1 is 1.19 bits per heavy atom. The second-order valence-corrected chi connectivity index (χ2v) is 8.80. The Hall–Kier alpha value is -1.80. The normalized spacial score (nSPS) is 23.9. The van der Waals surface area contributed by atoms with Gasteiger partial charge in [0.25, 0.3) is 10.2 Å². The summed E-state index contributed by atoms with van der Waals surface area (Å²) in [7, 11) is -1.90. The van der Waals surface area contributed by atoms with Crippen LogP contribution in [-0.4, -0.2) is 48.3 Å². The van der Waals surface area contributed by atoms with E-state index in [1.807, 2.05) is 30.3 Å². The maximum absolute atomic E-state index is 13.2. The molecule has 7 heteroatoms. The van der Waals surface area contributed by atoms with Crippen LogP contribution in [0, 0.1) is 0 Å². The van der Waals surface area contributed by atoms with Gasteiger partial charge in [0.2, 0.25) is 0 Å². The van der Waals surface area contributed by atoms with Gasteiger partial charge in [-0.25, -0.2) is 0 Å². The zero-order valence-corrected chi connectivity index (χ0v) is 15.6. The summed E-state index contributed by atoms with van der Waals surface area (Å²) in [6, 6.07) is 11.6. The molecule has 0 N–H and O–H groups in total. The minimum atomic E-state index is -3.56. The monoisotopic (exact) mass is 373 g/mol. The molecular weight excluding hydrogens is 350 g/mol. The van der Waals surface area contributed by atoms with Crippen molar-refractivity contribution in [1.82, 2.24) is 13.6 Å². The molecule has 4 rings (SSSR count). The molecule has 1 aromatic carbocycles. The van der Waals surface area contributed by atoms with Crippen molar-refractivity contribution >= 4 is 10.2 Å². The van der Waals surface area contributed by atoms with Gasteiger partial charge in [-0.15, -0.1) is 0 Å². The van der Waals surface area contributed by atoms with Crippen LogP contribution in [0.4, 0.5) is 0 Å². The first-order valence-electron chi connectivity index (χ1n) is 8.89. The van der Waals surface area contributed by atoms with Gasteiger partial charge in [0.05, 0.1) is 6.04 Å². The number of ether oxygens (including phenoxy) is 1.